The lowest BCUT2D eigenvalue weighted by molar-refractivity contribution is -0.127. The van der Waals surface area contributed by atoms with Crippen LogP contribution in [0.5, 0.6) is 11.5 Å². The lowest BCUT2D eigenvalue weighted by Crippen LogP contribution is -2.41. The molecule has 0 aliphatic carbocycles. The van der Waals surface area contributed by atoms with Crippen LogP contribution in [0.2, 0.25) is 0 Å². The highest BCUT2D eigenvalue weighted by molar-refractivity contribution is 5.80. The Balaban J connectivity index is 2.53. The molecule has 1 rings (SSSR count). The van der Waals surface area contributed by atoms with Crippen molar-refractivity contribution in [3.8, 4) is 11.5 Å². The number of nitrogens with one attached hydrogen (secondary N) is 1. The van der Waals surface area contributed by atoms with Crippen molar-refractivity contribution in [2.45, 2.75) is 45.8 Å². The molecule has 1 amide bonds. The fourth-order valence-corrected chi connectivity index (χ4v) is 1.80. The van der Waals surface area contributed by atoms with Crippen LogP contribution in [0.1, 0.15) is 33.6 Å². The molecule has 0 fully saturated rings. The number of ether oxygens (including phenoxy) is 2. The number of hydrogen-bond acceptors (Lipinski definition) is 3. The molecule has 19 heavy (non-hydrogen) atoms. The van der Waals surface area contributed by atoms with Crippen molar-refractivity contribution in [1.29, 1.82) is 0 Å². The minimum Gasteiger partial charge on any atom is -0.497 e. The maximum Gasteiger partial charge on any atom is 0.260 e. The summed E-state index contributed by atoms with van der Waals surface area (Å²) in [6.07, 6.45) is 1.50. The van der Waals surface area contributed by atoms with E-state index in [0.29, 0.717) is 11.5 Å². The molecule has 0 aromatic heterocycles. The first kappa shape index (κ1) is 15.3. The second-order valence-corrected chi connectivity index (χ2v) is 4.64. The number of amides is 1. The Morgan fingerprint density at radius 2 is 2.00 bits per heavy atom. The average Bonchev–Trinajstić information content (AvgIpc) is 2.39. The van der Waals surface area contributed by atoms with Gasteiger partial charge in [-0.1, -0.05) is 19.4 Å². The van der Waals surface area contributed by atoms with Gasteiger partial charge in [0.15, 0.2) is 6.10 Å². The number of carbonyl (C=O) groups excluding carboxylic acids is 1. The van der Waals surface area contributed by atoms with Gasteiger partial charge in [-0.25, -0.2) is 0 Å². The SMILES string of the molecule is CCC[C@H](C)NC(=O)[C@@H](C)Oc1cccc(OC)c1. The maximum absolute atomic E-state index is 11.9. The van der Waals surface area contributed by atoms with Crippen molar-refractivity contribution in [3.63, 3.8) is 0 Å². The zero-order valence-electron chi connectivity index (χ0n) is 12.1. The van der Waals surface area contributed by atoms with Crippen molar-refractivity contribution in [2.24, 2.45) is 0 Å². The molecule has 0 spiro atoms. The second-order valence-electron chi connectivity index (χ2n) is 4.64. The molecule has 4 nitrogen and oxygen atoms in total. The van der Waals surface area contributed by atoms with Crippen molar-refractivity contribution < 1.29 is 14.3 Å². The van der Waals surface area contributed by atoms with Crippen LogP contribution >= 0.6 is 0 Å². The standard InChI is InChI=1S/C15H23NO3/c1-5-7-11(2)16-15(17)12(3)19-14-9-6-8-13(10-14)18-4/h6,8-12H,5,7H2,1-4H3,(H,16,17)/t11-,12+/m0/s1. The van der Waals surface area contributed by atoms with Gasteiger partial charge in [0, 0.05) is 12.1 Å². The molecule has 1 aromatic carbocycles. The van der Waals surface area contributed by atoms with Crippen LogP contribution in [-0.2, 0) is 4.79 Å². The van der Waals surface area contributed by atoms with E-state index in [0.717, 1.165) is 12.8 Å². The van der Waals surface area contributed by atoms with Crippen LogP contribution in [0.4, 0.5) is 0 Å². The van der Waals surface area contributed by atoms with Crippen LogP contribution in [-0.4, -0.2) is 25.2 Å². The third kappa shape index (κ3) is 5.20. The summed E-state index contributed by atoms with van der Waals surface area (Å²) >= 11 is 0. The zero-order valence-corrected chi connectivity index (χ0v) is 12.1. The van der Waals surface area contributed by atoms with Gasteiger partial charge in [0.05, 0.1) is 7.11 Å². The molecule has 0 unspecified atom stereocenters. The van der Waals surface area contributed by atoms with E-state index in [-0.39, 0.29) is 11.9 Å². The van der Waals surface area contributed by atoms with E-state index in [1.165, 1.54) is 0 Å². The first-order valence-electron chi connectivity index (χ1n) is 6.68. The zero-order chi connectivity index (χ0) is 14.3. The van der Waals surface area contributed by atoms with Gasteiger partial charge in [-0.05, 0) is 32.4 Å². The molecule has 106 valence electrons. The predicted molar refractivity (Wildman–Crippen MR) is 75.6 cm³/mol. The summed E-state index contributed by atoms with van der Waals surface area (Å²) in [4.78, 5) is 11.9. The van der Waals surface area contributed by atoms with Gasteiger partial charge in [0.2, 0.25) is 0 Å². The van der Waals surface area contributed by atoms with E-state index in [1.54, 1.807) is 20.1 Å². The third-order valence-electron chi connectivity index (χ3n) is 2.83. The molecule has 0 aliphatic rings. The average molecular weight is 265 g/mol. The lowest BCUT2D eigenvalue weighted by atomic mass is 10.2. The van der Waals surface area contributed by atoms with Gasteiger partial charge in [-0.2, -0.15) is 0 Å². The summed E-state index contributed by atoms with van der Waals surface area (Å²) in [5, 5.41) is 2.93. The molecule has 0 bridgehead atoms. The summed E-state index contributed by atoms with van der Waals surface area (Å²) in [5.41, 5.74) is 0. The van der Waals surface area contributed by atoms with Crippen LogP contribution in [0.3, 0.4) is 0 Å². The largest absolute Gasteiger partial charge is 0.497 e. The van der Waals surface area contributed by atoms with Gasteiger partial charge >= 0.3 is 0 Å². The highest BCUT2D eigenvalue weighted by Gasteiger charge is 2.16. The van der Waals surface area contributed by atoms with Crippen LogP contribution in [0.15, 0.2) is 24.3 Å². The molecule has 0 aliphatic heterocycles. The minimum atomic E-state index is -0.522. The monoisotopic (exact) mass is 265 g/mol. The van der Waals surface area contributed by atoms with Gasteiger partial charge in [-0.15, -0.1) is 0 Å². The molecule has 1 N–H and O–H groups in total. The minimum absolute atomic E-state index is 0.0937. The molecule has 0 saturated carbocycles. The fourth-order valence-electron chi connectivity index (χ4n) is 1.80. The first-order chi connectivity index (χ1) is 9.06. The Morgan fingerprint density at radius 1 is 1.32 bits per heavy atom. The fraction of sp³-hybridized carbons (Fsp3) is 0.533. The summed E-state index contributed by atoms with van der Waals surface area (Å²) in [6.45, 7) is 5.84. The molecular weight excluding hydrogens is 242 g/mol. The molecule has 0 radical (unpaired) electrons. The molecule has 4 heteroatoms. The van der Waals surface area contributed by atoms with Gasteiger partial charge in [-0.3, -0.25) is 4.79 Å². The highest BCUT2D eigenvalue weighted by atomic mass is 16.5. The molecule has 0 saturated heterocycles. The topological polar surface area (TPSA) is 47.6 Å². The Morgan fingerprint density at radius 3 is 2.63 bits per heavy atom. The van der Waals surface area contributed by atoms with E-state index in [2.05, 4.69) is 12.2 Å². The summed E-state index contributed by atoms with van der Waals surface area (Å²) < 4.78 is 10.7. The van der Waals surface area contributed by atoms with Crippen LogP contribution in [0.25, 0.3) is 0 Å². The lowest BCUT2D eigenvalue weighted by Gasteiger charge is -2.18. The molecule has 1 aromatic rings. The molecular formula is C15H23NO3. The number of rotatable bonds is 7. The molecule has 0 heterocycles. The first-order valence-corrected chi connectivity index (χ1v) is 6.68. The number of benzene rings is 1. The Kier molecular flexibility index (Phi) is 6.19. The Labute approximate surface area is 115 Å². The number of hydrogen-bond donors (Lipinski definition) is 1. The van der Waals surface area contributed by atoms with Gasteiger partial charge in [0.25, 0.3) is 5.91 Å². The quantitative estimate of drug-likeness (QED) is 0.824. The van der Waals surface area contributed by atoms with E-state index >= 15 is 0 Å². The van der Waals surface area contributed by atoms with Crippen LogP contribution < -0.4 is 14.8 Å². The Hall–Kier alpha value is -1.71. The summed E-state index contributed by atoms with van der Waals surface area (Å²) in [7, 11) is 1.60. The second kappa shape index (κ2) is 7.67. The third-order valence-corrected chi connectivity index (χ3v) is 2.83. The normalized spacial score (nSPS) is 13.5. The molecule has 2 atom stereocenters. The van der Waals surface area contributed by atoms with Crippen LogP contribution in [0, 0.1) is 0 Å². The summed E-state index contributed by atoms with van der Waals surface area (Å²) in [6, 6.07) is 7.41. The van der Waals surface area contributed by atoms with E-state index in [9.17, 15) is 4.79 Å². The van der Waals surface area contributed by atoms with Crippen molar-refractivity contribution in [1.82, 2.24) is 5.32 Å². The van der Waals surface area contributed by atoms with Crippen molar-refractivity contribution >= 4 is 5.91 Å². The smallest absolute Gasteiger partial charge is 0.260 e. The predicted octanol–water partition coefficient (Wildman–Crippen LogP) is 2.77. The van der Waals surface area contributed by atoms with E-state index < -0.39 is 6.10 Å². The summed E-state index contributed by atoms with van der Waals surface area (Å²) in [5.74, 6) is 1.25. The maximum atomic E-state index is 11.9. The number of carbonyl (C=O) groups is 1. The highest BCUT2D eigenvalue weighted by Crippen LogP contribution is 2.19. The Bertz CT molecular complexity index is 406. The van der Waals surface area contributed by atoms with E-state index in [1.807, 2.05) is 25.1 Å². The van der Waals surface area contributed by atoms with Gasteiger partial charge < -0.3 is 14.8 Å². The van der Waals surface area contributed by atoms with Crippen molar-refractivity contribution in [2.75, 3.05) is 7.11 Å². The van der Waals surface area contributed by atoms with E-state index in [4.69, 9.17) is 9.47 Å². The van der Waals surface area contributed by atoms with Crippen molar-refractivity contribution in [3.05, 3.63) is 24.3 Å². The number of methoxy groups -OCH3 is 1. The van der Waals surface area contributed by atoms with Gasteiger partial charge in [0.1, 0.15) is 11.5 Å².